The smallest absolute Gasteiger partial charge is 0.326 e. The molecule has 8 heteroatoms. The highest BCUT2D eigenvalue weighted by Gasteiger charge is 2.31. The molecule has 0 radical (unpaired) electrons. The summed E-state index contributed by atoms with van der Waals surface area (Å²) in [5.41, 5.74) is 0. The number of rotatable bonds is 6. The molecule has 0 aliphatic carbocycles. The molecule has 0 aromatic heterocycles. The lowest BCUT2D eigenvalue weighted by Gasteiger charge is -2.38. The first-order valence-corrected chi connectivity index (χ1v) is 6.98. The summed E-state index contributed by atoms with van der Waals surface area (Å²) in [6.45, 7) is 4.56. The average molecular weight is 302 g/mol. The van der Waals surface area contributed by atoms with Gasteiger partial charge in [0, 0.05) is 13.0 Å². The van der Waals surface area contributed by atoms with Crippen LogP contribution in [-0.2, 0) is 14.3 Å². The Kier molecular flexibility index (Phi) is 6.41. The molecule has 1 aliphatic heterocycles. The summed E-state index contributed by atoms with van der Waals surface area (Å²) < 4.78 is 5.48. The number of urea groups is 1. The molecule has 0 spiro atoms. The lowest BCUT2D eigenvalue weighted by atomic mass is 10.1. The number of carboxylic acid groups (broad SMARTS) is 2. The van der Waals surface area contributed by atoms with Crippen LogP contribution in [0, 0.1) is 0 Å². The van der Waals surface area contributed by atoms with Gasteiger partial charge in [0.1, 0.15) is 6.04 Å². The molecular formula is C13H22N2O6. The van der Waals surface area contributed by atoms with Gasteiger partial charge in [-0.05, 0) is 19.8 Å². The van der Waals surface area contributed by atoms with Gasteiger partial charge in [-0.1, -0.05) is 6.92 Å². The molecule has 8 nitrogen and oxygen atoms in total. The number of morpholine rings is 1. The van der Waals surface area contributed by atoms with Crippen molar-refractivity contribution in [2.75, 3.05) is 13.2 Å². The SMILES string of the molecule is CCC1COC(C)CN1C(=O)NC(CCC(=O)O)C(=O)O. The van der Waals surface area contributed by atoms with Crippen molar-refractivity contribution >= 4 is 18.0 Å². The Hall–Kier alpha value is -1.83. The number of hydrogen-bond donors (Lipinski definition) is 3. The van der Waals surface area contributed by atoms with E-state index in [0.29, 0.717) is 19.6 Å². The summed E-state index contributed by atoms with van der Waals surface area (Å²) in [5, 5.41) is 20.1. The van der Waals surface area contributed by atoms with Gasteiger partial charge in [0.05, 0.1) is 18.8 Å². The van der Waals surface area contributed by atoms with Crippen molar-refractivity contribution in [1.82, 2.24) is 10.2 Å². The third-order valence-electron chi connectivity index (χ3n) is 3.44. The minimum absolute atomic E-state index is 0.102. The summed E-state index contributed by atoms with van der Waals surface area (Å²) in [6, 6.07) is -1.80. The molecule has 3 unspecified atom stereocenters. The maximum Gasteiger partial charge on any atom is 0.326 e. The van der Waals surface area contributed by atoms with Crippen LogP contribution in [0.25, 0.3) is 0 Å². The van der Waals surface area contributed by atoms with Gasteiger partial charge in [-0.3, -0.25) is 4.79 Å². The summed E-state index contributed by atoms with van der Waals surface area (Å²) in [6.07, 6.45) is 0.134. The fourth-order valence-electron chi connectivity index (χ4n) is 2.19. The summed E-state index contributed by atoms with van der Waals surface area (Å²) in [7, 11) is 0. The Morgan fingerprint density at radius 2 is 2.05 bits per heavy atom. The number of nitrogens with one attached hydrogen (secondary N) is 1. The number of nitrogens with zero attached hydrogens (tertiary/aromatic N) is 1. The molecule has 1 aliphatic rings. The van der Waals surface area contributed by atoms with E-state index in [1.807, 2.05) is 13.8 Å². The highest BCUT2D eigenvalue weighted by atomic mass is 16.5. The molecule has 2 amide bonds. The number of carbonyl (C=O) groups excluding carboxylic acids is 1. The van der Waals surface area contributed by atoms with Crippen LogP contribution >= 0.6 is 0 Å². The first-order chi connectivity index (χ1) is 9.85. The molecule has 3 N–H and O–H groups in total. The summed E-state index contributed by atoms with van der Waals surface area (Å²) in [5.74, 6) is -2.33. The molecule has 0 aromatic carbocycles. The van der Waals surface area contributed by atoms with Crippen molar-refractivity contribution in [2.24, 2.45) is 0 Å². The lowest BCUT2D eigenvalue weighted by Crippen LogP contribution is -2.57. The molecule has 0 saturated carbocycles. The van der Waals surface area contributed by atoms with Crippen LogP contribution in [0.4, 0.5) is 4.79 Å². The van der Waals surface area contributed by atoms with Crippen LogP contribution in [0.3, 0.4) is 0 Å². The number of carboxylic acids is 2. The molecule has 1 fully saturated rings. The zero-order valence-electron chi connectivity index (χ0n) is 12.2. The van der Waals surface area contributed by atoms with E-state index in [0.717, 1.165) is 0 Å². The van der Waals surface area contributed by atoms with Crippen LogP contribution in [0.15, 0.2) is 0 Å². The number of amides is 2. The van der Waals surface area contributed by atoms with Crippen molar-refractivity contribution in [2.45, 2.75) is 51.3 Å². The van der Waals surface area contributed by atoms with Crippen molar-refractivity contribution in [3.05, 3.63) is 0 Å². The second kappa shape index (κ2) is 7.82. The van der Waals surface area contributed by atoms with Crippen LogP contribution in [-0.4, -0.2) is 64.4 Å². The quantitative estimate of drug-likeness (QED) is 0.658. The molecular weight excluding hydrogens is 280 g/mol. The van der Waals surface area contributed by atoms with E-state index in [4.69, 9.17) is 14.9 Å². The molecule has 0 bridgehead atoms. The van der Waals surface area contributed by atoms with Gasteiger partial charge in [-0.15, -0.1) is 0 Å². The monoisotopic (exact) mass is 302 g/mol. The van der Waals surface area contributed by atoms with E-state index < -0.39 is 24.0 Å². The van der Waals surface area contributed by atoms with Crippen LogP contribution < -0.4 is 5.32 Å². The normalized spacial score (nSPS) is 23.4. The Labute approximate surface area is 123 Å². The summed E-state index contributed by atoms with van der Waals surface area (Å²) in [4.78, 5) is 35.4. The van der Waals surface area contributed by atoms with E-state index >= 15 is 0 Å². The highest BCUT2D eigenvalue weighted by Crippen LogP contribution is 2.15. The Morgan fingerprint density at radius 1 is 1.38 bits per heavy atom. The Balaban J connectivity index is 2.66. The van der Waals surface area contributed by atoms with Gasteiger partial charge in [0.25, 0.3) is 0 Å². The molecule has 120 valence electrons. The van der Waals surface area contributed by atoms with Gasteiger partial charge in [-0.2, -0.15) is 0 Å². The van der Waals surface area contributed by atoms with Gasteiger partial charge in [0.15, 0.2) is 0 Å². The van der Waals surface area contributed by atoms with Crippen molar-refractivity contribution in [3.8, 4) is 0 Å². The standard InChI is InChI=1S/C13H22N2O6/c1-3-9-7-21-8(2)6-15(9)13(20)14-10(12(18)19)4-5-11(16)17/h8-10H,3-7H2,1-2H3,(H,14,20)(H,16,17)(H,18,19). The van der Waals surface area contributed by atoms with E-state index in [2.05, 4.69) is 5.32 Å². The van der Waals surface area contributed by atoms with Gasteiger partial charge in [-0.25, -0.2) is 9.59 Å². The molecule has 0 aromatic rings. The minimum Gasteiger partial charge on any atom is -0.481 e. The van der Waals surface area contributed by atoms with Crippen molar-refractivity contribution in [1.29, 1.82) is 0 Å². The molecule has 21 heavy (non-hydrogen) atoms. The molecule has 1 heterocycles. The van der Waals surface area contributed by atoms with E-state index in [1.54, 1.807) is 4.90 Å². The number of hydrogen-bond acceptors (Lipinski definition) is 4. The van der Waals surface area contributed by atoms with Gasteiger partial charge < -0.3 is 25.2 Å². The van der Waals surface area contributed by atoms with Crippen molar-refractivity contribution in [3.63, 3.8) is 0 Å². The minimum atomic E-state index is -1.24. The Morgan fingerprint density at radius 3 is 2.57 bits per heavy atom. The van der Waals surface area contributed by atoms with Crippen molar-refractivity contribution < 1.29 is 29.3 Å². The number of carbonyl (C=O) groups is 3. The zero-order valence-corrected chi connectivity index (χ0v) is 12.2. The second-order valence-corrected chi connectivity index (χ2v) is 5.13. The largest absolute Gasteiger partial charge is 0.481 e. The molecule has 1 saturated heterocycles. The second-order valence-electron chi connectivity index (χ2n) is 5.13. The number of ether oxygens (including phenoxy) is 1. The van der Waals surface area contributed by atoms with E-state index in [-0.39, 0.29) is 25.0 Å². The average Bonchev–Trinajstić information content (AvgIpc) is 2.42. The fourth-order valence-corrected chi connectivity index (χ4v) is 2.19. The number of aliphatic carboxylic acids is 2. The van der Waals surface area contributed by atoms with E-state index in [9.17, 15) is 14.4 Å². The predicted octanol–water partition coefficient (Wildman–Crippen LogP) is 0.513. The first kappa shape index (κ1) is 17.2. The van der Waals surface area contributed by atoms with E-state index in [1.165, 1.54) is 0 Å². The van der Waals surface area contributed by atoms with Crippen LogP contribution in [0.2, 0.25) is 0 Å². The zero-order chi connectivity index (χ0) is 16.0. The lowest BCUT2D eigenvalue weighted by molar-refractivity contribution is -0.140. The Bertz CT molecular complexity index is 400. The van der Waals surface area contributed by atoms with Crippen LogP contribution in [0.5, 0.6) is 0 Å². The van der Waals surface area contributed by atoms with Gasteiger partial charge >= 0.3 is 18.0 Å². The third-order valence-corrected chi connectivity index (χ3v) is 3.44. The third kappa shape index (κ3) is 5.22. The van der Waals surface area contributed by atoms with Gasteiger partial charge in [0.2, 0.25) is 0 Å². The molecule has 3 atom stereocenters. The summed E-state index contributed by atoms with van der Waals surface area (Å²) >= 11 is 0. The van der Waals surface area contributed by atoms with Crippen LogP contribution in [0.1, 0.15) is 33.1 Å². The predicted molar refractivity (Wildman–Crippen MR) is 73.0 cm³/mol. The fraction of sp³-hybridized carbons (Fsp3) is 0.769. The highest BCUT2D eigenvalue weighted by molar-refractivity contribution is 5.83. The maximum absolute atomic E-state index is 12.2. The maximum atomic E-state index is 12.2. The first-order valence-electron chi connectivity index (χ1n) is 6.98. The topological polar surface area (TPSA) is 116 Å². The molecule has 1 rings (SSSR count).